The van der Waals surface area contributed by atoms with Crippen LogP contribution >= 0.6 is 35.7 Å². The Hall–Kier alpha value is 0.920. The summed E-state index contributed by atoms with van der Waals surface area (Å²) >= 11 is 7.53. The third kappa shape index (κ3) is 9.08. The molecule has 0 atom stereocenters. The van der Waals surface area contributed by atoms with Crippen molar-refractivity contribution in [1.82, 2.24) is 9.80 Å². The Morgan fingerprint density at radius 1 is 1.30 bits per heavy atom. The maximum Gasteiger partial charge on any atom is 1.00 e. The number of aliphatic carboxylic acids is 1. The Kier molecular flexibility index (Phi) is 13.0. The van der Waals surface area contributed by atoms with Crippen LogP contribution in [0.4, 0.5) is 4.79 Å². The van der Waals surface area contributed by atoms with Gasteiger partial charge in [-0.25, -0.2) is 8.42 Å². The first-order chi connectivity index (χ1) is 11.7. The van der Waals surface area contributed by atoms with E-state index in [2.05, 4.69) is 0 Å². The van der Waals surface area contributed by atoms with Crippen LogP contribution in [-0.4, -0.2) is 70.1 Å². The molecule has 0 aromatic carbocycles. The molecule has 27 heavy (non-hydrogen) atoms. The number of amides is 1. The molecule has 1 amide bonds. The maximum atomic E-state index is 11.8. The summed E-state index contributed by atoms with van der Waals surface area (Å²) < 4.78 is 32.0. The van der Waals surface area contributed by atoms with Crippen molar-refractivity contribution in [3.05, 3.63) is 22.1 Å². The van der Waals surface area contributed by atoms with Crippen LogP contribution in [0, 0.1) is 0 Å². The summed E-state index contributed by atoms with van der Waals surface area (Å²) in [4.78, 5) is 26.0. The van der Waals surface area contributed by atoms with Gasteiger partial charge in [0.25, 0.3) is 5.24 Å². The second kappa shape index (κ2) is 12.6. The molecule has 2 rings (SSSR count). The van der Waals surface area contributed by atoms with Crippen LogP contribution in [0.2, 0.25) is 0 Å². The summed E-state index contributed by atoms with van der Waals surface area (Å²) in [6.07, 6.45) is 3.64. The van der Waals surface area contributed by atoms with Gasteiger partial charge < -0.3 is 19.4 Å². The first kappa shape index (κ1) is 27.9. The molecule has 0 aromatic rings. The first-order valence-corrected chi connectivity index (χ1v) is 10.9. The van der Waals surface area contributed by atoms with Crippen LogP contribution in [0.15, 0.2) is 22.1 Å². The molecule has 0 radical (unpaired) electrons. The standard InChI is InChI=1S/C13H16N2O6S4.2Na/c16-11(17)8-15-12(22)9(24-13(15)18)2-3-10-14(5-6-23-10)4-1-7-25(19,20)21;;/h2-3H,1,4-8H2,(H,16,17)(H,19,20,21);;/q;2*+1/p-2/b9-2-,10-3+;;. The van der Waals surface area contributed by atoms with E-state index < -0.39 is 33.6 Å². The zero-order valence-electron chi connectivity index (χ0n) is 14.9. The van der Waals surface area contributed by atoms with E-state index in [-0.39, 0.29) is 70.5 Å². The summed E-state index contributed by atoms with van der Waals surface area (Å²) in [5, 5.41) is 11.1. The molecule has 2 heterocycles. The van der Waals surface area contributed by atoms with Gasteiger partial charge in [-0.05, 0) is 30.3 Å². The molecule has 0 N–H and O–H groups in total. The predicted octanol–water partition coefficient (Wildman–Crippen LogP) is -6.05. The molecule has 138 valence electrons. The second-order valence-corrected chi connectivity index (χ2v) is 9.14. The van der Waals surface area contributed by atoms with Crippen molar-refractivity contribution < 1.29 is 86.8 Å². The van der Waals surface area contributed by atoms with Crippen LogP contribution in [0.25, 0.3) is 0 Å². The van der Waals surface area contributed by atoms with Crippen molar-refractivity contribution in [1.29, 1.82) is 0 Å². The largest absolute Gasteiger partial charge is 1.00 e. The van der Waals surface area contributed by atoms with Crippen LogP contribution in [0.1, 0.15) is 6.42 Å². The summed E-state index contributed by atoms with van der Waals surface area (Å²) in [6, 6.07) is 0. The van der Waals surface area contributed by atoms with Crippen LogP contribution in [0.5, 0.6) is 0 Å². The predicted molar refractivity (Wildman–Crippen MR) is 96.7 cm³/mol. The molecule has 14 heteroatoms. The van der Waals surface area contributed by atoms with Crippen molar-refractivity contribution in [2.45, 2.75) is 6.42 Å². The number of carbonyl (C=O) groups excluding carboxylic acids is 2. The second-order valence-electron chi connectivity index (χ2n) is 5.12. The Morgan fingerprint density at radius 2 is 1.96 bits per heavy atom. The normalized spacial score (nSPS) is 20.2. The van der Waals surface area contributed by atoms with Gasteiger partial charge in [-0.1, -0.05) is 12.2 Å². The van der Waals surface area contributed by atoms with E-state index in [4.69, 9.17) is 12.2 Å². The van der Waals surface area contributed by atoms with Crippen molar-refractivity contribution in [2.75, 3.05) is 31.1 Å². The smallest absolute Gasteiger partial charge is 0.748 e. The Bertz CT molecular complexity index is 756. The Labute approximate surface area is 215 Å². The summed E-state index contributed by atoms with van der Waals surface area (Å²) in [6.45, 7) is 0.589. The molecule has 2 aliphatic heterocycles. The van der Waals surface area contributed by atoms with E-state index in [1.54, 1.807) is 23.9 Å². The summed E-state index contributed by atoms with van der Waals surface area (Å²) in [7, 11) is -4.22. The zero-order valence-corrected chi connectivity index (χ0v) is 22.1. The number of nitrogens with zero attached hydrogens (tertiary/aromatic N) is 2. The third-order valence-electron chi connectivity index (χ3n) is 3.28. The van der Waals surface area contributed by atoms with Crippen LogP contribution in [-0.2, 0) is 14.9 Å². The van der Waals surface area contributed by atoms with E-state index in [1.807, 2.05) is 4.90 Å². The number of carbonyl (C=O) groups is 2. The fourth-order valence-corrected chi connectivity index (χ4v) is 4.91. The number of hydrogen-bond acceptors (Lipinski definition) is 10. The minimum Gasteiger partial charge on any atom is -0.748 e. The Balaban J connectivity index is 0.00000338. The molecule has 0 saturated carbocycles. The molecule has 0 bridgehead atoms. The molecule has 8 nitrogen and oxygen atoms in total. The van der Waals surface area contributed by atoms with Gasteiger partial charge >= 0.3 is 59.1 Å². The minimum atomic E-state index is -4.22. The first-order valence-electron chi connectivity index (χ1n) is 7.14. The number of rotatable bonds is 7. The average Bonchev–Trinajstić information content (AvgIpc) is 3.03. The van der Waals surface area contributed by atoms with Crippen molar-refractivity contribution in [2.24, 2.45) is 0 Å². The van der Waals surface area contributed by atoms with Gasteiger partial charge in [0.1, 0.15) is 4.99 Å². The number of thioether (sulfide) groups is 2. The van der Waals surface area contributed by atoms with Crippen LogP contribution < -0.4 is 64.2 Å². The van der Waals surface area contributed by atoms with Gasteiger partial charge in [-0.3, -0.25) is 9.69 Å². The van der Waals surface area contributed by atoms with E-state index in [0.29, 0.717) is 11.4 Å². The third-order valence-corrected chi connectivity index (χ3v) is 6.66. The topological polar surface area (TPSA) is 121 Å². The summed E-state index contributed by atoms with van der Waals surface area (Å²) in [5.74, 6) is -0.969. The number of carboxylic acids is 1. The number of carboxylic acid groups (broad SMARTS) is 1. The van der Waals surface area contributed by atoms with Gasteiger partial charge in [0, 0.05) is 24.6 Å². The number of allylic oxidation sites excluding steroid dienone is 2. The maximum absolute atomic E-state index is 11.8. The van der Waals surface area contributed by atoms with E-state index in [9.17, 15) is 27.7 Å². The van der Waals surface area contributed by atoms with Gasteiger partial charge in [0.15, 0.2) is 0 Å². The molecule has 0 spiro atoms. The molecule has 0 aromatic heterocycles. The summed E-state index contributed by atoms with van der Waals surface area (Å²) in [5.41, 5.74) is 0. The zero-order chi connectivity index (χ0) is 18.6. The molecule has 2 aliphatic rings. The van der Waals surface area contributed by atoms with Crippen molar-refractivity contribution in [3.63, 3.8) is 0 Å². The average molecular weight is 469 g/mol. The molecular weight excluding hydrogens is 454 g/mol. The minimum absolute atomic E-state index is 0. The molecular formula is C13H14N2Na2O6S4. The van der Waals surface area contributed by atoms with E-state index >= 15 is 0 Å². The fraction of sp³-hybridized carbons (Fsp3) is 0.462. The van der Waals surface area contributed by atoms with Gasteiger partial charge in [-0.2, -0.15) is 0 Å². The molecule has 0 aliphatic carbocycles. The molecule has 0 unspecified atom stereocenters. The van der Waals surface area contributed by atoms with Gasteiger partial charge in [0.05, 0.1) is 32.6 Å². The van der Waals surface area contributed by atoms with Crippen LogP contribution in [0.3, 0.4) is 0 Å². The number of thiocarbonyl (C=S) groups is 1. The van der Waals surface area contributed by atoms with Crippen molar-refractivity contribution in [3.8, 4) is 0 Å². The fourth-order valence-electron chi connectivity index (χ4n) is 2.20. The molecule has 2 saturated heterocycles. The monoisotopic (exact) mass is 468 g/mol. The number of hydrogen-bond donors (Lipinski definition) is 0. The molecule has 2 fully saturated rings. The van der Waals surface area contributed by atoms with Gasteiger partial charge in [-0.15, -0.1) is 11.8 Å². The quantitative estimate of drug-likeness (QED) is 0.154. The van der Waals surface area contributed by atoms with Crippen molar-refractivity contribution >= 4 is 62.1 Å². The van der Waals surface area contributed by atoms with E-state index in [0.717, 1.165) is 34.0 Å². The Morgan fingerprint density at radius 3 is 2.56 bits per heavy atom. The SMILES string of the molecule is O=C([O-])CN1C(=O)S/C(=C\C=C2\SCCN2CCCS(=O)(=O)[O-])C1=S.[Na+].[Na+]. The van der Waals surface area contributed by atoms with E-state index in [1.165, 1.54) is 0 Å². The van der Waals surface area contributed by atoms with Gasteiger partial charge in [0.2, 0.25) is 0 Å².